The third kappa shape index (κ3) is 5.40. The molecule has 10 nitrogen and oxygen atoms in total. The summed E-state index contributed by atoms with van der Waals surface area (Å²) in [4.78, 5) is 34.8. The Labute approximate surface area is 223 Å². The van der Waals surface area contributed by atoms with Gasteiger partial charge in [-0.3, -0.25) is 9.59 Å². The van der Waals surface area contributed by atoms with Crippen molar-refractivity contribution in [2.45, 2.75) is 6.54 Å². The van der Waals surface area contributed by atoms with E-state index in [1.54, 1.807) is 47.3 Å². The third-order valence-corrected chi connectivity index (χ3v) is 5.98. The predicted octanol–water partition coefficient (Wildman–Crippen LogP) is 4.09. The van der Waals surface area contributed by atoms with Crippen LogP contribution in [0.5, 0.6) is 0 Å². The first kappa shape index (κ1) is 24.7. The lowest BCUT2D eigenvalue weighted by Crippen LogP contribution is -2.23. The van der Waals surface area contributed by atoms with Gasteiger partial charge in [-0.1, -0.05) is 41.9 Å². The molecular formula is C27H23ClN8O2. The molecule has 0 aliphatic rings. The molecule has 11 heteroatoms. The maximum absolute atomic E-state index is 13.4. The number of imidazole rings is 1. The number of aryl methyl sites for hydroxylation is 1. The maximum Gasteiger partial charge on any atom is 0.272 e. The molecule has 0 aliphatic carbocycles. The zero-order valence-electron chi connectivity index (χ0n) is 20.3. The second-order valence-corrected chi connectivity index (χ2v) is 8.88. The number of carbonyl (C=O) groups excluding carboxylic acids is 2. The molecule has 2 amide bonds. The molecule has 5 rings (SSSR count). The molecule has 3 aromatic heterocycles. The van der Waals surface area contributed by atoms with Crippen LogP contribution in [0.2, 0.25) is 5.02 Å². The topological polar surface area (TPSA) is 133 Å². The zero-order valence-corrected chi connectivity index (χ0v) is 21.1. The summed E-state index contributed by atoms with van der Waals surface area (Å²) in [6.45, 7) is 0.236. The number of hydrogen-bond acceptors (Lipinski definition) is 6. The largest absolute Gasteiger partial charge is 0.384 e. The Bertz CT molecular complexity index is 1630. The first-order valence-electron chi connectivity index (χ1n) is 11.6. The standard InChI is InChI=1S/C27H23ClN8O2/c1-35-15-18(31-16-35)14-30-27(38)23-13-25(36(34-23)19-6-3-2-4-7-19)33-26(37)20-12-17(10-11-21(20)28)22-8-5-9-24(29)32-22/h2-13,15-16H,14H2,1H3,(H2,29,32)(H,30,38)(H,33,37). The average Bonchev–Trinajstić information content (AvgIpc) is 3.54. The van der Waals surface area contributed by atoms with Crippen LogP contribution in [0.1, 0.15) is 26.5 Å². The normalized spacial score (nSPS) is 10.8. The van der Waals surface area contributed by atoms with E-state index in [0.717, 1.165) is 0 Å². The van der Waals surface area contributed by atoms with Crippen LogP contribution in [0.4, 0.5) is 11.6 Å². The molecule has 0 unspecified atom stereocenters. The number of pyridine rings is 1. The Morgan fingerprint density at radius 1 is 1.00 bits per heavy atom. The number of hydrogen-bond donors (Lipinski definition) is 3. The molecule has 0 atom stereocenters. The van der Waals surface area contributed by atoms with Gasteiger partial charge in [0.15, 0.2) is 5.69 Å². The van der Waals surface area contributed by atoms with Crippen molar-refractivity contribution in [2.24, 2.45) is 7.05 Å². The Kier molecular flexibility index (Phi) is 6.88. The molecule has 2 aromatic carbocycles. The molecule has 0 radical (unpaired) electrons. The molecule has 0 fully saturated rings. The number of aromatic nitrogens is 5. The van der Waals surface area contributed by atoms with Crippen LogP contribution < -0.4 is 16.4 Å². The fourth-order valence-electron chi connectivity index (χ4n) is 3.82. The van der Waals surface area contributed by atoms with Gasteiger partial charge in [-0.05, 0) is 36.4 Å². The maximum atomic E-state index is 13.4. The van der Waals surface area contributed by atoms with Gasteiger partial charge in [-0.2, -0.15) is 5.10 Å². The molecule has 0 bridgehead atoms. The molecule has 0 aliphatic heterocycles. The van der Waals surface area contributed by atoms with E-state index in [2.05, 4.69) is 25.7 Å². The molecule has 0 saturated heterocycles. The Hall–Kier alpha value is -4.96. The first-order valence-corrected chi connectivity index (χ1v) is 12.0. The number of nitrogens with one attached hydrogen (secondary N) is 2. The summed E-state index contributed by atoms with van der Waals surface area (Å²) in [7, 11) is 1.85. The third-order valence-electron chi connectivity index (χ3n) is 5.65. The number of halogens is 1. The molecule has 0 saturated carbocycles. The summed E-state index contributed by atoms with van der Waals surface area (Å²) in [5, 5.41) is 10.4. The van der Waals surface area contributed by atoms with Crippen molar-refractivity contribution in [3.05, 3.63) is 107 Å². The van der Waals surface area contributed by atoms with Crippen molar-refractivity contribution in [3.8, 4) is 16.9 Å². The first-order chi connectivity index (χ1) is 18.4. The van der Waals surface area contributed by atoms with Crippen LogP contribution in [0.3, 0.4) is 0 Å². The lowest BCUT2D eigenvalue weighted by Gasteiger charge is -2.11. The van der Waals surface area contributed by atoms with E-state index in [0.29, 0.717) is 34.3 Å². The molecular weight excluding hydrogens is 504 g/mol. The molecule has 0 spiro atoms. The van der Waals surface area contributed by atoms with E-state index in [9.17, 15) is 9.59 Å². The van der Waals surface area contributed by atoms with Gasteiger partial charge in [0.2, 0.25) is 0 Å². The second kappa shape index (κ2) is 10.6. The van der Waals surface area contributed by atoms with Gasteiger partial charge in [-0.25, -0.2) is 14.6 Å². The summed E-state index contributed by atoms with van der Waals surface area (Å²) >= 11 is 6.39. The van der Waals surface area contributed by atoms with Crippen molar-refractivity contribution in [1.82, 2.24) is 29.6 Å². The minimum Gasteiger partial charge on any atom is -0.384 e. The lowest BCUT2D eigenvalue weighted by atomic mass is 10.1. The minimum atomic E-state index is -0.474. The molecule has 38 heavy (non-hydrogen) atoms. The minimum absolute atomic E-state index is 0.129. The molecule has 5 aromatic rings. The lowest BCUT2D eigenvalue weighted by molar-refractivity contribution is 0.0944. The van der Waals surface area contributed by atoms with E-state index >= 15 is 0 Å². The van der Waals surface area contributed by atoms with Crippen molar-refractivity contribution >= 4 is 35.1 Å². The van der Waals surface area contributed by atoms with Crippen LogP contribution >= 0.6 is 11.6 Å². The van der Waals surface area contributed by atoms with E-state index in [4.69, 9.17) is 17.3 Å². The van der Waals surface area contributed by atoms with Crippen LogP contribution in [-0.4, -0.2) is 36.1 Å². The van der Waals surface area contributed by atoms with E-state index in [-0.39, 0.29) is 22.8 Å². The van der Waals surface area contributed by atoms with Gasteiger partial charge in [0, 0.05) is 24.9 Å². The number of nitrogens with two attached hydrogens (primary N) is 1. The molecule has 3 heterocycles. The number of amides is 2. The molecule has 190 valence electrons. The Morgan fingerprint density at radius 3 is 2.55 bits per heavy atom. The van der Waals surface area contributed by atoms with Crippen LogP contribution in [0.15, 0.2) is 85.3 Å². The van der Waals surface area contributed by atoms with Crippen LogP contribution in [-0.2, 0) is 13.6 Å². The van der Waals surface area contributed by atoms with Crippen molar-refractivity contribution < 1.29 is 9.59 Å². The summed E-state index contributed by atoms with van der Waals surface area (Å²) in [6.07, 6.45) is 3.47. The quantitative estimate of drug-likeness (QED) is 0.292. The zero-order chi connectivity index (χ0) is 26.6. The van der Waals surface area contributed by atoms with Gasteiger partial charge in [-0.15, -0.1) is 0 Å². The van der Waals surface area contributed by atoms with Crippen LogP contribution in [0, 0.1) is 0 Å². The summed E-state index contributed by atoms with van der Waals surface area (Å²) < 4.78 is 3.28. The highest BCUT2D eigenvalue weighted by atomic mass is 35.5. The summed E-state index contributed by atoms with van der Waals surface area (Å²) in [5.74, 6) is -0.219. The average molecular weight is 527 g/mol. The number of nitrogens with zero attached hydrogens (tertiary/aromatic N) is 5. The predicted molar refractivity (Wildman–Crippen MR) is 145 cm³/mol. The number of para-hydroxylation sites is 1. The number of rotatable bonds is 7. The van der Waals surface area contributed by atoms with E-state index in [1.165, 1.54) is 10.7 Å². The van der Waals surface area contributed by atoms with Gasteiger partial charge in [0.05, 0.1) is 40.5 Å². The number of carbonyl (C=O) groups is 2. The number of nitrogen functional groups attached to an aromatic ring is 1. The van der Waals surface area contributed by atoms with E-state index in [1.807, 2.05) is 43.6 Å². The SMILES string of the molecule is Cn1cnc(CNC(=O)c2cc(NC(=O)c3cc(-c4cccc(N)n4)ccc3Cl)n(-c3ccccc3)n2)c1. The summed E-state index contributed by atoms with van der Waals surface area (Å²) in [6, 6.07) is 21.0. The fourth-order valence-corrected chi connectivity index (χ4v) is 4.02. The Morgan fingerprint density at radius 2 is 1.82 bits per heavy atom. The van der Waals surface area contributed by atoms with Gasteiger partial charge < -0.3 is 20.9 Å². The van der Waals surface area contributed by atoms with Crippen molar-refractivity contribution in [1.29, 1.82) is 0 Å². The Balaban J connectivity index is 1.43. The summed E-state index contributed by atoms with van der Waals surface area (Å²) in [5.41, 5.74) is 8.84. The van der Waals surface area contributed by atoms with Gasteiger partial charge in [0.1, 0.15) is 11.6 Å². The monoisotopic (exact) mass is 526 g/mol. The highest BCUT2D eigenvalue weighted by Gasteiger charge is 2.20. The van der Waals surface area contributed by atoms with Gasteiger partial charge >= 0.3 is 0 Å². The van der Waals surface area contributed by atoms with Gasteiger partial charge in [0.25, 0.3) is 11.8 Å². The van der Waals surface area contributed by atoms with Crippen molar-refractivity contribution in [2.75, 3.05) is 11.1 Å². The van der Waals surface area contributed by atoms with E-state index < -0.39 is 11.8 Å². The smallest absolute Gasteiger partial charge is 0.272 e. The number of anilines is 2. The highest BCUT2D eigenvalue weighted by molar-refractivity contribution is 6.34. The van der Waals surface area contributed by atoms with Crippen LogP contribution in [0.25, 0.3) is 16.9 Å². The fraction of sp³-hybridized carbons (Fsp3) is 0.0741. The highest BCUT2D eigenvalue weighted by Crippen LogP contribution is 2.26. The second-order valence-electron chi connectivity index (χ2n) is 8.47. The molecule has 4 N–H and O–H groups in total. The van der Waals surface area contributed by atoms with Crippen molar-refractivity contribution in [3.63, 3.8) is 0 Å². The number of benzene rings is 2.